The van der Waals surface area contributed by atoms with Crippen molar-refractivity contribution < 1.29 is 9.59 Å². The second-order valence-corrected chi connectivity index (χ2v) is 5.59. The van der Waals surface area contributed by atoms with E-state index in [2.05, 4.69) is 0 Å². The molecule has 5 heteroatoms. The van der Waals surface area contributed by atoms with Crippen LogP contribution in [-0.2, 0) is 0 Å². The topological polar surface area (TPSA) is 37.4 Å². The van der Waals surface area contributed by atoms with Crippen LogP contribution in [-0.4, -0.2) is 18.1 Å². The van der Waals surface area contributed by atoms with Crippen LogP contribution in [0.25, 0.3) is 0 Å². The number of carbonyl (C=O) groups is 2. The summed E-state index contributed by atoms with van der Waals surface area (Å²) in [6.07, 6.45) is 1.89. The lowest BCUT2D eigenvalue weighted by atomic mass is 10.1. The summed E-state index contributed by atoms with van der Waals surface area (Å²) >= 11 is 7.47. The maximum atomic E-state index is 12.4. The van der Waals surface area contributed by atoms with Crippen molar-refractivity contribution in [2.75, 3.05) is 11.2 Å². The van der Waals surface area contributed by atoms with E-state index < -0.39 is 0 Å². The van der Waals surface area contributed by atoms with Crippen LogP contribution in [0.15, 0.2) is 47.4 Å². The van der Waals surface area contributed by atoms with Gasteiger partial charge in [-0.1, -0.05) is 23.7 Å². The normalized spacial score (nSPS) is 13.8. The van der Waals surface area contributed by atoms with Gasteiger partial charge in [0, 0.05) is 9.92 Å². The Bertz CT molecular complexity index is 695. The molecular formula is C15H10ClNO2S. The SMILES string of the molecule is CSc1ccc(Cl)cc1N1C(=O)c2ccccc2C1=O. The molecule has 0 spiro atoms. The number of amides is 2. The van der Waals surface area contributed by atoms with Crippen LogP contribution in [0, 0.1) is 0 Å². The molecule has 1 heterocycles. The Morgan fingerprint density at radius 3 is 2.15 bits per heavy atom. The summed E-state index contributed by atoms with van der Waals surface area (Å²) in [7, 11) is 0. The molecule has 1 aliphatic rings. The van der Waals surface area contributed by atoms with E-state index in [1.807, 2.05) is 12.3 Å². The molecule has 2 amide bonds. The highest BCUT2D eigenvalue weighted by Crippen LogP contribution is 2.36. The Kier molecular flexibility index (Phi) is 3.28. The number of rotatable bonds is 2. The highest BCUT2D eigenvalue weighted by molar-refractivity contribution is 7.98. The van der Waals surface area contributed by atoms with E-state index in [4.69, 9.17) is 11.6 Å². The van der Waals surface area contributed by atoms with Crippen molar-refractivity contribution in [1.29, 1.82) is 0 Å². The van der Waals surface area contributed by atoms with E-state index >= 15 is 0 Å². The average Bonchev–Trinajstić information content (AvgIpc) is 2.71. The summed E-state index contributed by atoms with van der Waals surface area (Å²) in [6, 6.07) is 12.0. The summed E-state index contributed by atoms with van der Waals surface area (Å²) in [4.78, 5) is 26.9. The lowest BCUT2D eigenvalue weighted by Gasteiger charge is -2.17. The minimum absolute atomic E-state index is 0.303. The molecule has 0 N–H and O–H groups in total. The van der Waals surface area contributed by atoms with Gasteiger partial charge in [0.2, 0.25) is 0 Å². The van der Waals surface area contributed by atoms with Gasteiger partial charge in [-0.3, -0.25) is 9.59 Å². The number of anilines is 1. The molecule has 3 nitrogen and oxygen atoms in total. The van der Waals surface area contributed by atoms with Crippen molar-refractivity contribution >= 4 is 40.9 Å². The van der Waals surface area contributed by atoms with Crippen LogP contribution >= 0.6 is 23.4 Å². The predicted octanol–water partition coefficient (Wildman–Crippen LogP) is 3.86. The third kappa shape index (κ3) is 1.92. The third-order valence-corrected chi connectivity index (χ3v) is 4.20. The first kappa shape index (κ1) is 13.2. The van der Waals surface area contributed by atoms with Crippen molar-refractivity contribution in [3.05, 3.63) is 58.6 Å². The molecule has 0 fully saturated rings. The van der Waals surface area contributed by atoms with Gasteiger partial charge in [0.05, 0.1) is 16.8 Å². The molecule has 0 radical (unpaired) electrons. The van der Waals surface area contributed by atoms with E-state index in [0.717, 1.165) is 4.90 Å². The molecule has 0 aliphatic carbocycles. The van der Waals surface area contributed by atoms with E-state index in [1.165, 1.54) is 16.7 Å². The number of hydrogen-bond acceptors (Lipinski definition) is 3. The minimum atomic E-state index is -0.303. The third-order valence-electron chi connectivity index (χ3n) is 3.18. The van der Waals surface area contributed by atoms with Crippen molar-refractivity contribution in [2.45, 2.75) is 4.90 Å². The maximum absolute atomic E-state index is 12.4. The molecule has 2 aromatic rings. The Morgan fingerprint density at radius 2 is 1.60 bits per heavy atom. The van der Waals surface area contributed by atoms with Crippen LogP contribution in [0.1, 0.15) is 20.7 Å². The number of imide groups is 1. The zero-order valence-corrected chi connectivity index (χ0v) is 12.2. The fourth-order valence-corrected chi connectivity index (χ4v) is 2.98. The molecule has 0 aromatic heterocycles. The second-order valence-electron chi connectivity index (χ2n) is 4.31. The van der Waals surface area contributed by atoms with Crippen LogP contribution < -0.4 is 4.90 Å². The highest BCUT2D eigenvalue weighted by atomic mass is 35.5. The largest absolute Gasteiger partial charge is 0.268 e. The summed E-state index contributed by atoms with van der Waals surface area (Å²) in [5.74, 6) is -0.605. The van der Waals surface area contributed by atoms with Gasteiger partial charge in [-0.2, -0.15) is 0 Å². The number of hydrogen-bond donors (Lipinski definition) is 0. The molecule has 0 unspecified atom stereocenters. The molecular weight excluding hydrogens is 294 g/mol. The van der Waals surface area contributed by atoms with Crippen LogP contribution in [0.4, 0.5) is 5.69 Å². The van der Waals surface area contributed by atoms with Crippen molar-refractivity contribution in [1.82, 2.24) is 0 Å². The fourth-order valence-electron chi connectivity index (χ4n) is 2.25. The molecule has 2 aromatic carbocycles. The number of carbonyl (C=O) groups excluding carboxylic acids is 2. The second kappa shape index (κ2) is 4.96. The lowest BCUT2D eigenvalue weighted by Crippen LogP contribution is -2.29. The molecule has 0 bridgehead atoms. The van der Waals surface area contributed by atoms with Crippen molar-refractivity contribution in [2.24, 2.45) is 0 Å². The standard InChI is InChI=1S/C15H10ClNO2S/c1-20-13-7-6-9(16)8-12(13)17-14(18)10-4-2-3-5-11(10)15(17)19/h2-8H,1H3. The zero-order chi connectivity index (χ0) is 14.3. The van der Waals surface area contributed by atoms with Crippen LogP contribution in [0.2, 0.25) is 5.02 Å². The Hall–Kier alpha value is -1.78. The molecule has 0 saturated heterocycles. The molecule has 100 valence electrons. The van der Waals surface area contributed by atoms with Gasteiger partial charge in [-0.05, 0) is 36.6 Å². The average molecular weight is 304 g/mol. The Morgan fingerprint density at radius 1 is 1.00 bits per heavy atom. The number of nitrogens with zero attached hydrogens (tertiary/aromatic N) is 1. The number of benzene rings is 2. The van der Waals surface area contributed by atoms with E-state index in [-0.39, 0.29) is 11.8 Å². The maximum Gasteiger partial charge on any atom is 0.266 e. The summed E-state index contributed by atoms with van der Waals surface area (Å²) in [6.45, 7) is 0. The Labute approximate surface area is 125 Å². The van der Waals surface area contributed by atoms with Gasteiger partial charge >= 0.3 is 0 Å². The first-order valence-electron chi connectivity index (χ1n) is 5.95. The lowest BCUT2D eigenvalue weighted by molar-refractivity contribution is 0.0925. The van der Waals surface area contributed by atoms with Gasteiger partial charge < -0.3 is 0 Å². The van der Waals surface area contributed by atoms with Crippen LogP contribution in [0.3, 0.4) is 0 Å². The first-order valence-corrected chi connectivity index (χ1v) is 7.55. The molecule has 0 saturated carbocycles. The molecule has 20 heavy (non-hydrogen) atoms. The zero-order valence-electron chi connectivity index (χ0n) is 10.6. The fraction of sp³-hybridized carbons (Fsp3) is 0.0667. The number of fused-ring (bicyclic) bond motifs is 1. The van der Waals surface area contributed by atoms with Gasteiger partial charge in [0.25, 0.3) is 11.8 Å². The summed E-state index contributed by atoms with van der Waals surface area (Å²) in [5, 5.41) is 0.495. The van der Waals surface area contributed by atoms with Gasteiger partial charge in [0.15, 0.2) is 0 Å². The quantitative estimate of drug-likeness (QED) is 0.624. The number of halogens is 1. The molecule has 3 rings (SSSR count). The predicted molar refractivity (Wildman–Crippen MR) is 80.8 cm³/mol. The number of thioether (sulfide) groups is 1. The van der Waals surface area contributed by atoms with E-state index in [0.29, 0.717) is 21.8 Å². The van der Waals surface area contributed by atoms with E-state index in [1.54, 1.807) is 36.4 Å². The smallest absolute Gasteiger partial charge is 0.266 e. The minimum Gasteiger partial charge on any atom is -0.268 e. The van der Waals surface area contributed by atoms with Crippen molar-refractivity contribution in [3.63, 3.8) is 0 Å². The van der Waals surface area contributed by atoms with E-state index in [9.17, 15) is 9.59 Å². The van der Waals surface area contributed by atoms with Crippen molar-refractivity contribution in [3.8, 4) is 0 Å². The van der Waals surface area contributed by atoms with Gasteiger partial charge in [-0.15, -0.1) is 11.8 Å². The first-order chi connectivity index (χ1) is 9.63. The summed E-state index contributed by atoms with van der Waals surface area (Å²) < 4.78 is 0. The monoisotopic (exact) mass is 303 g/mol. The molecule has 1 aliphatic heterocycles. The van der Waals surface area contributed by atoms with Gasteiger partial charge in [0.1, 0.15) is 0 Å². The van der Waals surface area contributed by atoms with Crippen LogP contribution in [0.5, 0.6) is 0 Å². The highest BCUT2D eigenvalue weighted by Gasteiger charge is 2.37. The van der Waals surface area contributed by atoms with Gasteiger partial charge in [-0.25, -0.2) is 4.90 Å². The summed E-state index contributed by atoms with van der Waals surface area (Å²) in [5.41, 5.74) is 1.41. The Balaban J connectivity index is 2.16. The molecule has 0 atom stereocenters.